The molecule has 0 aliphatic heterocycles. The number of benzene rings is 1. The Hall–Kier alpha value is -1.37. The second-order valence-electron chi connectivity index (χ2n) is 3.39. The fourth-order valence-electron chi connectivity index (χ4n) is 1.33. The second kappa shape index (κ2) is 5.31. The highest BCUT2D eigenvalue weighted by molar-refractivity contribution is 7.10. The highest BCUT2D eigenvalue weighted by Gasteiger charge is 2.08. The molecule has 3 N–H and O–H groups in total. The van der Waals surface area contributed by atoms with Gasteiger partial charge in [0.05, 0.1) is 0 Å². The Morgan fingerprint density at radius 2 is 2.35 bits per heavy atom. The molecule has 0 saturated carbocycles. The van der Waals surface area contributed by atoms with Crippen molar-refractivity contribution in [3.05, 3.63) is 34.5 Å². The maximum Gasteiger partial charge on any atom is 0.150 e. The Morgan fingerprint density at radius 3 is 3.06 bits per heavy atom. The zero-order valence-corrected chi connectivity index (χ0v) is 10.7. The number of halogens is 1. The lowest BCUT2D eigenvalue weighted by Crippen LogP contribution is -2.08. The summed E-state index contributed by atoms with van der Waals surface area (Å²) < 4.78 is 9.42. The van der Waals surface area contributed by atoms with Crippen LogP contribution in [0.4, 0.5) is 5.00 Å². The van der Waals surface area contributed by atoms with Gasteiger partial charge in [-0.25, -0.2) is 5.84 Å². The van der Waals surface area contributed by atoms with E-state index in [2.05, 4.69) is 15.0 Å². The first kappa shape index (κ1) is 12.1. The van der Waals surface area contributed by atoms with Crippen LogP contribution in [0.25, 0.3) is 0 Å². The summed E-state index contributed by atoms with van der Waals surface area (Å²) in [6.07, 6.45) is 0. The average Bonchev–Trinajstić information content (AvgIpc) is 2.75. The molecule has 0 atom stereocenters. The molecule has 7 heteroatoms. The van der Waals surface area contributed by atoms with Crippen molar-refractivity contribution < 1.29 is 4.74 Å². The van der Waals surface area contributed by atoms with E-state index in [1.54, 1.807) is 6.07 Å². The molecule has 1 aromatic carbocycles. The SMILES string of the molecule is Cc1cc(Cl)ccc1OCc1nnsc1NN. The Morgan fingerprint density at radius 1 is 1.53 bits per heavy atom. The van der Waals surface area contributed by atoms with Gasteiger partial charge in [-0.15, -0.1) is 5.10 Å². The first-order chi connectivity index (χ1) is 8.20. The van der Waals surface area contributed by atoms with Crippen LogP contribution in [-0.4, -0.2) is 9.59 Å². The van der Waals surface area contributed by atoms with Crippen LogP contribution in [0.2, 0.25) is 5.02 Å². The largest absolute Gasteiger partial charge is 0.487 e. The smallest absolute Gasteiger partial charge is 0.150 e. The van der Waals surface area contributed by atoms with Crippen molar-refractivity contribution in [1.82, 2.24) is 9.59 Å². The molecule has 17 heavy (non-hydrogen) atoms. The van der Waals surface area contributed by atoms with Crippen LogP contribution in [0.1, 0.15) is 11.3 Å². The lowest BCUT2D eigenvalue weighted by molar-refractivity contribution is 0.299. The molecule has 90 valence electrons. The number of hydrogen-bond acceptors (Lipinski definition) is 6. The maximum absolute atomic E-state index is 5.86. The lowest BCUT2D eigenvalue weighted by atomic mass is 10.2. The zero-order chi connectivity index (χ0) is 12.3. The fraction of sp³-hybridized carbons (Fsp3) is 0.200. The summed E-state index contributed by atoms with van der Waals surface area (Å²) in [5, 5.41) is 5.32. The minimum Gasteiger partial charge on any atom is -0.487 e. The summed E-state index contributed by atoms with van der Waals surface area (Å²) in [5.74, 6) is 6.09. The number of ether oxygens (including phenoxy) is 1. The summed E-state index contributed by atoms with van der Waals surface area (Å²) in [5.41, 5.74) is 4.19. The maximum atomic E-state index is 5.86. The highest BCUT2D eigenvalue weighted by Crippen LogP contribution is 2.24. The molecule has 1 heterocycles. The number of aromatic nitrogens is 2. The van der Waals surface area contributed by atoms with E-state index in [1.165, 1.54) is 11.5 Å². The number of nitrogens with zero attached hydrogens (tertiary/aromatic N) is 2. The number of nitrogens with one attached hydrogen (secondary N) is 1. The minimum absolute atomic E-state index is 0.318. The molecule has 5 nitrogen and oxygen atoms in total. The normalized spacial score (nSPS) is 10.3. The van der Waals surface area contributed by atoms with Gasteiger partial charge >= 0.3 is 0 Å². The molecule has 0 fully saturated rings. The van der Waals surface area contributed by atoms with Crippen LogP contribution in [0.3, 0.4) is 0 Å². The van der Waals surface area contributed by atoms with Crippen molar-refractivity contribution in [3.63, 3.8) is 0 Å². The standard InChI is InChI=1S/C10H11ClN4OS/c1-6-4-7(11)2-3-9(6)16-5-8-10(13-12)17-15-14-8/h2-4,13H,5,12H2,1H3. The van der Waals surface area contributed by atoms with Crippen molar-refractivity contribution >= 4 is 28.1 Å². The molecule has 0 radical (unpaired) electrons. The Bertz CT molecular complexity index is 517. The van der Waals surface area contributed by atoms with E-state index < -0.39 is 0 Å². The van der Waals surface area contributed by atoms with Gasteiger partial charge in [0.1, 0.15) is 18.1 Å². The Labute approximate surface area is 108 Å². The number of anilines is 1. The average molecular weight is 271 g/mol. The Balaban J connectivity index is 2.07. The molecule has 0 aliphatic carbocycles. The Kier molecular flexibility index (Phi) is 3.78. The third-order valence-corrected chi connectivity index (χ3v) is 3.12. The van der Waals surface area contributed by atoms with Gasteiger partial charge < -0.3 is 10.2 Å². The first-order valence-electron chi connectivity index (χ1n) is 4.87. The van der Waals surface area contributed by atoms with Gasteiger partial charge in [-0.05, 0) is 30.7 Å². The van der Waals surface area contributed by atoms with Crippen molar-refractivity contribution in [2.24, 2.45) is 5.84 Å². The van der Waals surface area contributed by atoms with Crippen LogP contribution in [0.15, 0.2) is 18.2 Å². The van der Waals surface area contributed by atoms with Crippen LogP contribution in [0.5, 0.6) is 5.75 Å². The molecule has 0 unspecified atom stereocenters. The van der Waals surface area contributed by atoms with Gasteiger partial charge in [0.25, 0.3) is 0 Å². The number of rotatable bonds is 4. The predicted octanol–water partition coefficient (Wildman–Crippen LogP) is 2.36. The number of nitrogen functional groups attached to an aromatic ring is 1. The highest BCUT2D eigenvalue weighted by atomic mass is 35.5. The zero-order valence-electron chi connectivity index (χ0n) is 9.11. The molecule has 2 aromatic rings. The van der Waals surface area contributed by atoms with Gasteiger partial charge in [0.2, 0.25) is 0 Å². The summed E-state index contributed by atoms with van der Waals surface area (Å²) in [4.78, 5) is 0. The van der Waals surface area contributed by atoms with E-state index in [0.717, 1.165) is 11.3 Å². The van der Waals surface area contributed by atoms with Crippen LogP contribution >= 0.6 is 23.1 Å². The summed E-state index contributed by atoms with van der Waals surface area (Å²) >= 11 is 7.05. The van der Waals surface area contributed by atoms with E-state index in [9.17, 15) is 0 Å². The third kappa shape index (κ3) is 2.85. The molecule has 2 rings (SSSR count). The third-order valence-electron chi connectivity index (χ3n) is 2.19. The number of hydrogen-bond donors (Lipinski definition) is 2. The van der Waals surface area contributed by atoms with Crippen LogP contribution in [0, 0.1) is 6.92 Å². The van der Waals surface area contributed by atoms with E-state index in [1.807, 2.05) is 19.1 Å². The van der Waals surface area contributed by atoms with Crippen LogP contribution in [-0.2, 0) is 6.61 Å². The van der Waals surface area contributed by atoms with Gasteiger partial charge in [-0.1, -0.05) is 16.1 Å². The number of aryl methyl sites for hydroxylation is 1. The molecule has 1 aromatic heterocycles. The summed E-state index contributed by atoms with van der Waals surface area (Å²) in [6, 6.07) is 5.45. The molecular formula is C10H11ClN4OS. The molecular weight excluding hydrogens is 260 g/mol. The van der Waals surface area contributed by atoms with Gasteiger partial charge in [0.15, 0.2) is 5.00 Å². The number of hydrazine groups is 1. The van der Waals surface area contributed by atoms with E-state index in [-0.39, 0.29) is 0 Å². The summed E-state index contributed by atoms with van der Waals surface area (Å²) in [7, 11) is 0. The number of nitrogens with two attached hydrogens (primary N) is 1. The topological polar surface area (TPSA) is 73.1 Å². The van der Waals surface area contributed by atoms with Crippen molar-refractivity contribution in [2.75, 3.05) is 5.43 Å². The molecule has 0 amide bonds. The second-order valence-corrected chi connectivity index (χ2v) is 4.58. The van der Waals surface area contributed by atoms with Gasteiger partial charge in [-0.3, -0.25) is 0 Å². The van der Waals surface area contributed by atoms with E-state index >= 15 is 0 Å². The molecule has 0 aliphatic rings. The van der Waals surface area contributed by atoms with Crippen molar-refractivity contribution in [3.8, 4) is 5.75 Å². The molecule has 0 saturated heterocycles. The van der Waals surface area contributed by atoms with E-state index in [0.29, 0.717) is 22.3 Å². The summed E-state index contributed by atoms with van der Waals surface area (Å²) in [6.45, 7) is 2.25. The van der Waals surface area contributed by atoms with Crippen molar-refractivity contribution in [2.45, 2.75) is 13.5 Å². The predicted molar refractivity (Wildman–Crippen MR) is 68.2 cm³/mol. The van der Waals surface area contributed by atoms with Gasteiger partial charge in [-0.2, -0.15) is 0 Å². The van der Waals surface area contributed by atoms with Crippen LogP contribution < -0.4 is 16.0 Å². The minimum atomic E-state index is 0.318. The van der Waals surface area contributed by atoms with Crippen molar-refractivity contribution in [1.29, 1.82) is 0 Å². The lowest BCUT2D eigenvalue weighted by Gasteiger charge is -2.08. The monoisotopic (exact) mass is 270 g/mol. The first-order valence-corrected chi connectivity index (χ1v) is 6.02. The molecule has 0 bridgehead atoms. The fourth-order valence-corrected chi connectivity index (χ4v) is 2.04. The molecule has 0 spiro atoms. The van der Waals surface area contributed by atoms with Gasteiger partial charge in [0, 0.05) is 16.6 Å². The van der Waals surface area contributed by atoms with E-state index in [4.69, 9.17) is 22.2 Å². The quantitative estimate of drug-likeness (QED) is 0.659.